The lowest BCUT2D eigenvalue weighted by Gasteiger charge is -2.23. The summed E-state index contributed by atoms with van der Waals surface area (Å²) in [5, 5.41) is 22.5. The van der Waals surface area contributed by atoms with Crippen LogP contribution in [-0.2, 0) is 18.7 Å². The summed E-state index contributed by atoms with van der Waals surface area (Å²) in [4.78, 5) is 73.5. The molecule has 2 rings (SSSR count). The van der Waals surface area contributed by atoms with Crippen LogP contribution < -0.4 is 16.6 Å². The van der Waals surface area contributed by atoms with Crippen molar-refractivity contribution in [3.63, 3.8) is 0 Å². The molecular weight excluding hydrogens is 466 g/mol. The van der Waals surface area contributed by atoms with Gasteiger partial charge in [0, 0.05) is 18.8 Å². The number of hydrogen-bond acceptors (Lipinski definition) is 9. The number of carbonyl (C=O) groups is 1. The fourth-order valence-electron chi connectivity index (χ4n) is 2.89. The zero-order valence-corrected chi connectivity index (χ0v) is 17.5. The molecule has 0 saturated carbocycles. The average Bonchev–Trinajstić information content (AvgIpc) is 2.85. The van der Waals surface area contributed by atoms with Crippen LogP contribution in [0.3, 0.4) is 0 Å². The third kappa shape index (κ3) is 7.73. The Bertz CT molecular complexity index is 975. The van der Waals surface area contributed by atoms with E-state index in [0.717, 1.165) is 16.8 Å². The summed E-state index contributed by atoms with van der Waals surface area (Å²) in [5.74, 6) is -0.906. The number of aromatic amines is 1. The van der Waals surface area contributed by atoms with Crippen molar-refractivity contribution >= 4 is 21.1 Å². The van der Waals surface area contributed by atoms with Gasteiger partial charge in [0.25, 0.3) is 5.56 Å². The fourth-order valence-corrected chi connectivity index (χ4v) is 4.49. The molecular formula is C13H22N4O12P2. The van der Waals surface area contributed by atoms with E-state index in [0.29, 0.717) is 4.90 Å². The minimum absolute atomic E-state index is 0.411. The van der Waals surface area contributed by atoms with Crippen molar-refractivity contribution < 1.29 is 48.4 Å². The van der Waals surface area contributed by atoms with Crippen LogP contribution in [0.4, 0.5) is 0 Å². The number of aromatic nitrogens is 2. The van der Waals surface area contributed by atoms with E-state index in [4.69, 9.17) is 24.3 Å². The van der Waals surface area contributed by atoms with Crippen LogP contribution in [0, 0.1) is 0 Å². The molecule has 176 valence electrons. The molecule has 18 heteroatoms. The van der Waals surface area contributed by atoms with Crippen LogP contribution in [0.1, 0.15) is 6.23 Å². The van der Waals surface area contributed by atoms with Crippen LogP contribution in [0.5, 0.6) is 0 Å². The number of ether oxygens (including phenoxy) is 1. The van der Waals surface area contributed by atoms with Crippen molar-refractivity contribution in [2.45, 2.75) is 24.5 Å². The molecule has 31 heavy (non-hydrogen) atoms. The third-order valence-electron chi connectivity index (χ3n) is 4.10. The Labute approximate surface area is 173 Å². The predicted molar refractivity (Wildman–Crippen MR) is 101 cm³/mol. The van der Waals surface area contributed by atoms with Crippen LogP contribution in [-0.4, -0.2) is 94.1 Å². The Kier molecular flexibility index (Phi) is 8.10. The molecule has 0 aliphatic carbocycles. The van der Waals surface area contributed by atoms with Crippen molar-refractivity contribution in [3.8, 4) is 0 Å². The van der Waals surface area contributed by atoms with E-state index < -0.39 is 82.5 Å². The molecule has 4 atom stereocenters. The minimum atomic E-state index is -4.73. The van der Waals surface area contributed by atoms with E-state index in [1.165, 1.54) is 0 Å². The lowest BCUT2D eigenvalue weighted by Crippen LogP contribution is -2.44. The SMILES string of the molecule is O=C(CN(CP(=O)(O)O)CP(=O)(O)O)NC[C@H]1O[C@@H](n2ccc(=O)[nH]c2=O)[C@@H](O)[C@@H]1O. The first kappa shape index (κ1) is 25.5. The molecule has 0 spiro atoms. The lowest BCUT2D eigenvalue weighted by molar-refractivity contribution is -0.123. The number of hydrogen-bond donors (Lipinski definition) is 8. The lowest BCUT2D eigenvalue weighted by atomic mass is 10.1. The Hall–Kier alpha value is -1.71. The van der Waals surface area contributed by atoms with Gasteiger partial charge < -0.3 is 39.8 Å². The van der Waals surface area contributed by atoms with Gasteiger partial charge in [-0.3, -0.25) is 33.2 Å². The van der Waals surface area contributed by atoms with Crippen molar-refractivity contribution in [2.24, 2.45) is 0 Å². The van der Waals surface area contributed by atoms with Crippen LogP contribution >= 0.6 is 15.2 Å². The highest BCUT2D eigenvalue weighted by Gasteiger charge is 2.44. The van der Waals surface area contributed by atoms with E-state index in [2.05, 4.69) is 5.32 Å². The second-order valence-electron chi connectivity index (χ2n) is 6.81. The molecule has 1 aromatic heterocycles. The Morgan fingerprint density at radius 2 is 1.71 bits per heavy atom. The second-order valence-corrected chi connectivity index (χ2v) is 10.0. The summed E-state index contributed by atoms with van der Waals surface area (Å²) in [5.41, 5.74) is -1.59. The summed E-state index contributed by atoms with van der Waals surface area (Å²) >= 11 is 0. The first-order chi connectivity index (χ1) is 14.2. The molecule has 0 unspecified atom stereocenters. The molecule has 8 N–H and O–H groups in total. The van der Waals surface area contributed by atoms with Gasteiger partial charge in [0.2, 0.25) is 5.91 Å². The van der Waals surface area contributed by atoms with E-state index >= 15 is 0 Å². The maximum Gasteiger partial charge on any atom is 0.339 e. The van der Waals surface area contributed by atoms with Crippen molar-refractivity contribution in [3.05, 3.63) is 33.1 Å². The quantitative estimate of drug-likeness (QED) is 0.154. The normalized spacial score (nSPS) is 24.5. The number of carbonyl (C=O) groups excluding carboxylic acids is 1. The van der Waals surface area contributed by atoms with Gasteiger partial charge in [0.15, 0.2) is 6.23 Å². The van der Waals surface area contributed by atoms with Gasteiger partial charge in [-0.1, -0.05) is 0 Å². The standard InChI is InChI=1S/C13H22N4O12P2/c18-8-1-2-17(13(22)15-8)12-11(21)10(20)7(29-12)3-14-9(19)4-16(5-30(23,24)25)6-31(26,27)28/h1-2,7,10-12,20-21H,3-6H2,(H,14,19)(H,15,18,22)(H2,23,24,25)(H2,26,27,28)/t7-,10-,11+,12-/m1/s1. The van der Waals surface area contributed by atoms with Gasteiger partial charge in [0.05, 0.1) is 6.54 Å². The van der Waals surface area contributed by atoms with Crippen molar-refractivity contribution in [2.75, 3.05) is 25.7 Å². The predicted octanol–water partition coefficient (Wildman–Crippen LogP) is -4.16. The molecule has 1 fully saturated rings. The minimum Gasteiger partial charge on any atom is -0.387 e. The molecule has 2 heterocycles. The van der Waals surface area contributed by atoms with Gasteiger partial charge in [-0.25, -0.2) is 4.79 Å². The highest BCUT2D eigenvalue weighted by molar-refractivity contribution is 7.52. The van der Waals surface area contributed by atoms with Gasteiger partial charge in [-0.05, 0) is 0 Å². The monoisotopic (exact) mass is 488 g/mol. The zero-order valence-electron chi connectivity index (χ0n) is 15.7. The zero-order chi connectivity index (χ0) is 23.6. The van der Waals surface area contributed by atoms with Crippen molar-refractivity contribution in [1.29, 1.82) is 0 Å². The molecule has 1 aliphatic heterocycles. The highest BCUT2D eigenvalue weighted by atomic mass is 31.2. The molecule has 1 aliphatic rings. The number of nitrogens with one attached hydrogen (secondary N) is 2. The molecule has 0 radical (unpaired) electrons. The fraction of sp³-hybridized carbons (Fsp3) is 0.615. The maximum absolute atomic E-state index is 12.1. The molecule has 0 aromatic carbocycles. The number of aliphatic hydroxyl groups excluding tert-OH is 2. The molecule has 1 saturated heterocycles. The number of aliphatic hydroxyl groups is 2. The molecule has 0 bridgehead atoms. The van der Waals surface area contributed by atoms with E-state index in [9.17, 15) is 33.7 Å². The number of rotatable bonds is 9. The molecule has 1 amide bonds. The van der Waals surface area contributed by atoms with E-state index in [1.807, 2.05) is 4.98 Å². The summed E-state index contributed by atoms with van der Waals surface area (Å²) < 4.78 is 28.4. The van der Waals surface area contributed by atoms with Crippen LogP contribution in [0.2, 0.25) is 0 Å². The molecule has 1 aromatic rings. The Morgan fingerprint density at radius 3 is 2.23 bits per heavy atom. The topological polar surface area (TPSA) is 252 Å². The van der Waals surface area contributed by atoms with Gasteiger partial charge in [-0.15, -0.1) is 0 Å². The summed E-state index contributed by atoms with van der Waals surface area (Å²) in [6.45, 7) is -1.20. The van der Waals surface area contributed by atoms with Crippen molar-refractivity contribution in [1.82, 2.24) is 19.8 Å². The van der Waals surface area contributed by atoms with Gasteiger partial charge >= 0.3 is 20.9 Å². The Morgan fingerprint density at radius 1 is 1.13 bits per heavy atom. The average molecular weight is 488 g/mol. The van der Waals surface area contributed by atoms with Gasteiger partial charge in [-0.2, -0.15) is 0 Å². The van der Waals surface area contributed by atoms with E-state index in [-0.39, 0.29) is 0 Å². The summed E-state index contributed by atoms with van der Waals surface area (Å²) in [7, 11) is -9.45. The highest BCUT2D eigenvalue weighted by Crippen LogP contribution is 2.40. The summed E-state index contributed by atoms with van der Waals surface area (Å²) in [6.07, 6.45) is -6.84. The third-order valence-corrected chi connectivity index (χ3v) is 5.64. The number of nitrogens with zero attached hydrogens (tertiary/aromatic N) is 2. The van der Waals surface area contributed by atoms with Crippen LogP contribution in [0.15, 0.2) is 21.9 Å². The largest absolute Gasteiger partial charge is 0.387 e. The smallest absolute Gasteiger partial charge is 0.339 e. The van der Waals surface area contributed by atoms with Gasteiger partial charge in [0.1, 0.15) is 30.9 Å². The van der Waals surface area contributed by atoms with E-state index in [1.54, 1.807) is 0 Å². The maximum atomic E-state index is 12.1. The van der Waals surface area contributed by atoms with Crippen LogP contribution in [0.25, 0.3) is 0 Å². The number of amides is 1. The number of H-pyrrole nitrogens is 1. The molecule has 16 nitrogen and oxygen atoms in total. The first-order valence-electron chi connectivity index (χ1n) is 8.57. The second kappa shape index (κ2) is 9.83. The Balaban J connectivity index is 2.00. The first-order valence-corrected chi connectivity index (χ1v) is 12.2. The summed E-state index contributed by atoms with van der Waals surface area (Å²) in [6, 6.07) is 0.996.